The number of aromatic nitrogens is 1. The largest absolute Gasteiger partial charge is 0.494 e. The van der Waals surface area contributed by atoms with Crippen LogP contribution in [-0.4, -0.2) is 23.2 Å². The van der Waals surface area contributed by atoms with E-state index < -0.39 is 5.97 Å². The van der Waals surface area contributed by atoms with Crippen molar-refractivity contribution in [2.24, 2.45) is 0 Å². The molecule has 2 N–H and O–H groups in total. The summed E-state index contributed by atoms with van der Waals surface area (Å²) in [5.41, 5.74) is 1.44. The maximum atomic E-state index is 13.0. The molecule has 0 aliphatic carbocycles. The molecule has 0 fully saturated rings. The van der Waals surface area contributed by atoms with Crippen LogP contribution in [0.5, 0.6) is 5.75 Å². The average molecular weight is 276 g/mol. The van der Waals surface area contributed by atoms with Crippen molar-refractivity contribution >= 4 is 11.7 Å². The van der Waals surface area contributed by atoms with Crippen molar-refractivity contribution in [2.75, 3.05) is 12.4 Å². The second-order valence-electron chi connectivity index (χ2n) is 4.04. The van der Waals surface area contributed by atoms with Crippen molar-refractivity contribution in [2.45, 2.75) is 6.54 Å². The standard InChI is InChI=1S/C14H13FN2O3/c1-20-13-6-10(15)3-5-12(13)17-8-11-4-2-9(7-16-11)14(18)19/h2-7,17H,8H2,1H3,(H,18,19). The number of carbonyl (C=O) groups is 1. The van der Waals surface area contributed by atoms with Gasteiger partial charge in [-0.1, -0.05) is 0 Å². The number of anilines is 1. The highest BCUT2D eigenvalue weighted by Crippen LogP contribution is 2.25. The summed E-state index contributed by atoms with van der Waals surface area (Å²) in [6, 6.07) is 7.27. The van der Waals surface area contributed by atoms with E-state index in [-0.39, 0.29) is 11.4 Å². The summed E-state index contributed by atoms with van der Waals surface area (Å²) >= 11 is 0. The third kappa shape index (κ3) is 3.23. The van der Waals surface area contributed by atoms with Crippen LogP contribution in [0.15, 0.2) is 36.5 Å². The van der Waals surface area contributed by atoms with Crippen molar-refractivity contribution in [3.05, 3.63) is 53.6 Å². The Morgan fingerprint density at radius 1 is 1.40 bits per heavy atom. The van der Waals surface area contributed by atoms with Crippen LogP contribution in [0.2, 0.25) is 0 Å². The molecule has 0 atom stereocenters. The van der Waals surface area contributed by atoms with E-state index in [0.717, 1.165) is 0 Å². The Morgan fingerprint density at radius 3 is 2.80 bits per heavy atom. The zero-order valence-corrected chi connectivity index (χ0v) is 10.8. The maximum absolute atomic E-state index is 13.0. The summed E-state index contributed by atoms with van der Waals surface area (Å²) in [5, 5.41) is 11.8. The van der Waals surface area contributed by atoms with E-state index >= 15 is 0 Å². The number of nitrogens with zero attached hydrogens (tertiary/aromatic N) is 1. The molecule has 0 amide bonds. The molecule has 104 valence electrons. The number of methoxy groups -OCH3 is 1. The molecule has 0 bridgehead atoms. The fraction of sp³-hybridized carbons (Fsp3) is 0.143. The molecule has 0 saturated heterocycles. The lowest BCUT2D eigenvalue weighted by Gasteiger charge is -2.10. The van der Waals surface area contributed by atoms with E-state index in [0.29, 0.717) is 23.7 Å². The van der Waals surface area contributed by atoms with Gasteiger partial charge in [-0.15, -0.1) is 0 Å². The first-order valence-corrected chi connectivity index (χ1v) is 5.86. The van der Waals surface area contributed by atoms with Gasteiger partial charge in [-0.05, 0) is 24.3 Å². The first-order chi connectivity index (χ1) is 9.60. The van der Waals surface area contributed by atoms with Gasteiger partial charge >= 0.3 is 5.97 Å². The minimum absolute atomic E-state index is 0.133. The fourth-order valence-corrected chi connectivity index (χ4v) is 1.65. The van der Waals surface area contributed by atoms with Crippen LogP contribution in [0.4, 0.5) is 10.1 Å². The summed E-state index contributed by atoms with van der Waals surface area (Å²) in [7, 11) is 1.46. The van der Waals surface area contributed by atoms with E-state index in [2.05, 4.69) is 10.3 Å². The van der Waals surface area contributed by atoms with Crippen LogP contribution < -0.4 is 10.1 Å². The number of nitrogens with one attached hydrogen (secondary N) is 1. The summed E-state index contributed by atoms with van der Waals surface area (Å²) in [5.74, 6) is -0.999. The first-order valence-electron chi connectivity index (χ1n) is 5.86. The monoisotopic (exact) mass is 276 g/mol. The molecule has 0 saturated carbocycles. The van der Waals surface area contributed by atoms with E-state index in [1.54, 1.807) is 12.1 Å². The number of benzene rings is 1. The van der Waals surface area contributed by atoms with Gasteiger partial charge in [0.25, 0.3) is 0 Å². The average Bonchev–Trinajstić information content (AvgIpc) is 2.46. The Hall–Kier alpha value is -2.63. The lowest BCUT2D eigenvalue weighted by molar-refractivity contribution is 0.0696. The minimum atomic E-state index is -1.02. The van der Waals surface area contributed by atoms with E-state index in [1.807, 2.05) is 0 Å². The van der Waals surface area contributed by atoms with E-state index in [9.17, 15) is 9.18 Å². The smallest absolute Gasteiger partial charge is 0.337 e. The predicted molar refractivity (Wildman–Crippen MR) is 71.5 cm³/mol. The molecule has 2 aromatic rings. The topological polar surface area (TPSA) is 71.5 Å². The van der Waals surface area contributed by atoms with Gasteiger partial charge in [-0.3, -0.25) is 4.98 Å². The van der Waals surface area contributed by atoms with Gasteiger partial charge in [0.05, 0.1) is 30.6 Å². The maximum Gasteiger partial charge on any atom is 0.337 e. The van der Waals surface area contributed by atoms with Gasteiger partial charge in [-0.25, -0.2) is 9.18 Å². The molecular formula is C14H13FN2O3. The molecule has 1 heterocycles. The Kier molecular flexibility index (Phi) is 4.14. The normalized spacial score (nSPS) is 10.1. The number of rotatable bonds is 5. The zero-order chi connectivity index (χ0) is 14.5. The van der Waals surface area contributed by atoms with E-state index in [4.69, 9.17) is 9.84 Å². The highest BCUT2D eigenvalue weighted by Gasteiger charge is 2.06. The minimum Gasteiger partial charge on any atom is -0.494 e. The Bertz CT molecular complexity index is 614. The highest BCUT2D eigenvalue weighted by atomic mass is 19.1. The second kappa shape index (κ2) is 6.01. The lowest BCUT2D eigenvalue weighted by Crippen LogP contribution is -2.05. The SMILES string of the molecule is COc1cc(F)ccc1NCc1ccc(C(=O)O)cn1. The Balaban J connectivity index is 2.06. The van der Waals surface area contributed by atoms with Gasteiger partial charge in [0, 0.05) is 12.3 Å². The molecule has 0 aliphatic heterocycles. The summed E-state index contributed by atoms with van der Waals surface area (Å²) in [6.07, 6.45) is 1.29. The van der Waals surface area contributed by atoms with Crippen LogP contribution in [0, 0.1) is 5.82 Å². The van der Waals surface area contributed by atoms with Crippen molar-refractivity contribution in [1.29, 1.82) is 0 Å². The highest BCUT2D eigenvalue weighted by molar-refractivity contribution is 5.87. The summed E-state index contributed by atoms with van der Waals surface area (Å²) < 4.78 is 18.1. The first kappa shape index (κ1) is 13.8. The van der Waals surface area contributed by atoms with Crippen molar-refractivity contribution in [1.82, 2.24) is 4.98 Å². The Labute approximate surface area is 115 Å². The molecule has 0 spiro atoms. The van der Waals surface area contributed by atoms with Crippen LogP contribution >= 0.6 is 0 Å². The second-order valence-corrected chi connectivity index (χ2v) is 4.04. The Morgan fingerprint density at radius 2 is 2.20 bits per heavy atom. The number of hydrogen-bond acceptors (Lipinski definition) is 4. The predicted octanol–water partition coefficient (Wildman–Crippen LogP) is 2.54. The molecule has 0 unspecified atom stereocenters. The van der Waals surface area contributed by atoms with Gasteiger partial charge in [0.1, 0.15) is 11.6 Å². The molecular weight excluding hydrogens is 263 g/mol. The van der Waals surface area contributed by atoms with Crippen molar-refractivity contribution in [3.63, 3.8) is 0 Å². The van der Waals surface area contributed by atoms with Gasteiger partial charge in [0.2, 0.25) is 0 Å². The van der Waals surface area contributed by atoms with Gasteiger partial charge < -0.3 is 15.2 Å². The van der Waals surface area contributed by atoms with Crippen molar-refractivity contribution < 1.29 is 19.0 Å². The number of hydrogen-bond donors (Lipinski definition) is 2. The molecule has 2 rings (SSSR count). The van der Waals surface area contributed by atoms with Gasteiger partial charge in [-0.2, -0.15) is 0 Å². The molecule has 20 heavy (non-hydrogen) atoms. The van der Waals surface area contributed by atoms with E-state index in [1.165, 1.54) is 31.5 Å². The molecule has 0 radical (unpaired) electrons. The fourth-order valence-electron chi connectivity index (χ4n) is 1.65. The number of carboxylic acids is 1. The molecule has 0 aliphatic rings. The molecule has 5 nitrogen and oxygen atoms in total. The molecule has 1 aromatic heterocycles. The van der Waals surface area contributed by atoms with Crippen LogP contribution in [0.1, 0.15) is 16.1 Å². The molecule has 1 aromatic carbocycles. The quantitative estimate of drug-likeness (QED) is 0.878. The van der Waals surface area contributed by atoms with Gasteiger partial charge in [0.15, 0.2) is 0 Å². The van der Waals surface area contributed by atoms with Crippen LogP contribution in [-0.2, 0) is 6.54 Å². The van der Waals surface area contributed by atoms with Crippen molar-refractivity contribution in [3.8, 4) is 5.75 Å². The number of aromatic carboxylic acids is 1. The summed E-state index contributed by atoms with van der Waals surface area (Å²) in [4.78, 5) is 14.7. The third-order valence-corrected chi connectivity index (χ3v) is 2.70. The number of carboxylic acid groups (broad SMARTS) is 1. The third-order valence-electron chi connectivity index (χ3n) is 2.70. The summed E-state index contributed by atoms with van der Waals surface area (Å²) in [6.45, 7) is 0.377. The van der Waals surface area contributed by atoms with Crippen LogP contribution in [0.3, 0.4) is 0 Å². The lowest BCUT2D eigenvalue weighted by atomic mass is 10.2. The number of ether oxygens (including phenoxy) is 1. The van der Waals surface area contributed by atoms with Crippen LogP contribution in [0.25, 0.3) is 0 Å². The molecule has 6 heteroatoms. The number of pyridine rings is 1. The zero-order valence-electron chi connectivity index (χ0n) is 10.8. The number of halogens is 1.